The summed E-state index contributed by atoms with van der Waals surface area (Å²) in [7, 11) is 0. The van der Waals surface area contributed by atoms with Gasteiger partial charge in [0, 0.05) is 27.2 Å². The second kappa shape index (κ2) is 6.46. The maximum atomic E-state index is 3.83. The second-order valence-corrected chi connectivity index (χ2v) is 9.52. The van der Waals surface area contributed by atoms with Crippen LogP contribution in [0.3, 0.4) is 0 Å². The van der Waals surface area contributed by atoms with E-state index in [1.165, 1.54) is 27.5 Å². The van der Waals surface area contributed by atoms with Crippen LogP contribution >= 0.6 is 22.7 Å². The van der Waals surface area contributed by atoms with E-state index in [1.54, 1.807) is 0 Å². The lowest BCUT2D eigenvalue weighted by molar-refractivity contribution is 0.0685. The van der Waals surface area contributed by atoms with Crippen molar-refractivity contribution in [3.63, 3.8) is 0 Å². The van der Waals surface area contributed by atoms with Crippen LogP contribution in [0.15, 0.2) is 29.6 Å². The minimum Gasteiger partial charge on any atom is -0.309 e. The predicted octanol–water partition coefficient (Wildman–Crippen LogP) is 6.03. The normalized spacial score (nSPS) is 27.9. The summed E-state index contributed by atoms with van der Waals surface area (Å²) in [6, 6.07) is 9.55. The summed E-state index contributed by atoms with van der Waals surface area (Å²) < 4.78 is 0. The fourth-order valence-electron chi connectivity index (χ4n) is 3.62. The molecule has 0 aliphatic heterocycles. The molecule has 1 N–H and O–H groups in total. The smallest absolute Gasteiger partial charge is 0.0445 e. The molecule has 2 aromatic heterocycles. The van der Waals surface area contributed by atoms with Gasteiger partial charge in [-0.3, -0.25) is 0 Å². The van der Waals surface area contributed by atoms with Crippen LogP contribution in [0.2, 0.25) is 0 Å². The molecule has 2 heterocycles. The van der Waals surface area contributed by atoms with Crippen LogP contribution in [0.1, 0.15) is 45.4 Å². The summed E-state index contributed by atoms with van der Waals surface area (Å²) in [5, 5.41) is 5.98. The Bertz CT molecular complexity index is 597. The lowest BCUT2D eigenvalue weighted by Crippen LogP contribution is -2.46. The zero-order chi connectivity index (χ0) is 15.7. The molecule has 1 aliphatic rings. The molecule has 22 heavy (non-hydrogen) atoms. The average Bonchev–Trinajstić information content (AvgIpc) is 3.15. The topological polar surface area (TPSA) is 12.0 Å². The fraction of sp³-hybridized carbons (Fsp3) is 0.579. The van der Waals surface area contributed by atoms with Crippen LogP contribution in [0.4, 0.5) is 0 Å². The third-order valence-corrected chi connectivity index (χ3v) is 7.87. The second-order valence-electron chi connectivity index (χ2n) is 7.41. The molecule has 0 radical (unpaired) electrons. The van der Waals surface area contributed by atoms with E-state index in [0.29, 0.717) is 11.5 Å². The molecule has 0 bridgehead atoms. The highest BCUT2D eigenvalue weighted by atomic mass is 32.1. The number of hydrogen-bond acceptors (Lipinski definition) is 3. The molecule has 120 valence electrons. The Morgan fingerprint density at radius 1 is 1.18 bits per heavy atom. The molecular weight excluding hydrogens is 306 g/mol. The first-order valence-corrected chi connectivity index (χ1v) is 10.0. The van der Waals surface area contributed by atoms with Crippen molar-refractivity contribution in [2.24, 2.45) is 17.3 Å². The highest BCUT2D eigenvalue weighted by molar-refractivity contribution is 7.21. The van der Waals surface area contributed by atoms with Crippen LogP contribution < -0.4 is 5.32 Å². The molecule has 3 rings (SSSR count). The number of rotatable bonds is 4. The van der Waals surface area contributed by atoms with Gasteiger partial charge in [0.2, 0.25) is 0 Å². The minimum atomic E-state index is 0.493. The van der Waals surface area contributed by atoms with Crippen LogP contribution in [0, 0.1) is 17.3 Å². The van der Waals surface area contributed by atoms with E-state index in [0.717, 1.165) is 18.4 Å². The van der Waals surface area contributed by atoms with Crippen molar-refractivity contribution in [1.29, 1.82) is 0 Å². The van der Waals surface area contributed by atoms with E-state index in [4.69, 9.17) is 0 Å². The van der Waals surface area contributed by atoms with Gasteiger partial charge in [-0.1, -0.05) is 33.8 Å². The van der Waals surface area contributed by atoms with Gasteiger partial charge < -0.3 is 5.32 Å². The van der Waals surface area contributed by atoms with E-state index in [-0.39, 0.29) is 0 Å². The quantitative estimate of drug-likeness (QED) is 0.720. The molecule has 2 aromatic rings. The summed E-state index contributed by atoms with van der Waals surface area (Å²) in [6.45, 7) is 10.7. The summed E-state index contributed by atoms with van der Waals surface area (Å²) in [5.74, 6) is 1.53. The summed E-state index contributed by atoms with van der Waals surface area (Å²) in [6.07, 6.45) is 2.64. The van der Waals surface area contributed by atoms with Gasteiger partial charge >= 0.3 is 0 Å². The number of thiophene rings is 2. The van der Waals surface area contributed by atoms with Gasteiger partial charge in [-0.15, -0.1) is 22.7 Å². The molecule has 0 amide bonds. The third kappa shape index (κ3) is 3.32. The van der Waals surface area contributed by atoms with Crippen molar-refractivity contribution < 1.29 is 0 Å². The fourth-order valence-corrected chi connectivity index (χ4v) is 5.42. The Labute approximate surface area is 142 Å². The lowest BCUT2D eigenvalue weighted by atomic mass is 9.63. The SMILES string of the molecule is CC1[C@@H](C)[C@H](NCc2ccc(-c3cccs3)s2)CCC1(C)C. The van der Waals surface area contributed by atoms with Gasteiger partial charge in [0.15, 0.2) is 0 Å². The summed E-state index contributed by atoms with van der Waals surface area (Å²) >= 11 is 3.75. The Morgan fingerprint density at radius 2 is 2.00 bits per heavy atom. The zero-order valence-electron chi connectivity index (χ0n) is 14.1. The lowest BCUT2D eigenvalue weighted by Gasteiger charge is -2.45. The molecular formula is C19H27NS2. The van der Waals surface area contributed by atoms with Gasteiger partial charge in [-0.2, -0.15) is 0 Å². The molecule has 0 aromatic carbocycles. The van der Waals surface area contributed by atoms with Crippen molar-refractivity contribution >= 4 is 22.7 Å². The molecule has 0 saturated heterocycles. The van der Waals surface area contributed by atoms with Crippen molar-refractivity contribution in [2.45, 2.75) is 53.1 Å². The maximum absolute atomic E-state index is 3.83. The molecule has 1 nitrogen and oxygen atoms in total. The van der Waals surface area contributed by atoms with Gasteiger partial charge in [-0.25, -0.2) is 0 Å². The Morgan fingerprint density at radius 3 is 2.73 bits per heavy atom. The van der Waals surface area contributed by atoms with E-state index in [1.807, 2.05) is 22.7 Å². The van der Waals surface area contributed by atoms with Crippen LogP contribution in [-0.2, 0) is 6.54 Å². The van der Waals surface area contributed by atoms with Crippen molar-refractivity contribution in [1.82, 2.24) is 5.32 Å². The summed E-state index contributed by atoms with van der Waals surface area (Å²) in [4.78, 5) is 4.24. The van der Waals surface area contributed by atoms with Crippen molar-refractivity contribution in [2.75, 3.05) is 0 Å². The molecule has 3 atom stereocenters. The molecule has 1 unspecified atom stereocenters. The van der Waals surface area contributed by atoms with Crippen LogP contribution in [0.25, 0.3) is 9.75 Å². The first-order chi connectivity index (χ1) is 10.5. The molecule has 0 spiro atoms. The van der Waals surface area contributed by atoms with E-state index in [9.17, 15) is 0 Å². The molecule has 1 fully saturated rings. The summed E-state index contributed by atoms with van der Waals surface area (Å²) in [5.41, 5.74) is 0.493. The number of hydrogen-bond donors (Lipinski definition) is 1. The highest BCUT2D eigenvalue weighted by Crippen LogP contribution is 2.43. The average molecular weight is 334 g/mol. The largest absolute Gasteiger partial charge is 0.309 e. The van der Waals surface area contributed by atoms with Gasteiger partial charge in [0.1, 0.15) is 0 Å². The molecule has 3 heteroatoms. The van der Waals surface area contributed by atoms with Crippen molar-refractivity contribution in [3.05, 3.63) is 34.5 Å². The van der Waals surface area contributed by atoms with Crippen molar-refractivity contribution in [3.8, 4) is 9.75 Å². The minimum absolute atomic E-state index is 0.493. The Hall–Kier alpha value is -0.640. The Balaban J connectivity index is 1.59. The monoisotopic (exact) mass is 333 g/mol. The standard InChI is InChI=1S/C19H27NS2/c1-13-14(2)19(3,4)10-9-16(13)20-12-15-7-8-18(22-15)17-6-5-11-21-17/h5-8,11,13-14,16,20H,9-10,12H2,1-4H3/t13-,14?,16-/m1/s1. The van der Waals surface area contributed by atoms with Gasteiger partial charge in [0.05, 0.1) is 0 Å². The Kier molecular flexibility index (Phi) is 4.77. The first kappa shape index (κ1) is 16.2. The highest BCUT2D eigenvalue weighted by Gasteiger charge is 2.38. The maximum Gasteiger partial charge on any atom is 0.0445 e. The van der Waals surface area contributed by atoms with E-state index >= 15 is 0 Å². The van der Waals surface area contributed by atoms with Gasteiger partial charge in [-0.05, 0) is 53.7 Å². The molecule has 1 aliphatic carbocycles. The number of nitrogens with one attached hydrogen (secondary N) is 1. The zero-order valence-corrected chi connectivity index (χ0v) is 15.7. The van der Waals surface area contributed by atoms with E-state index in [2.05, 4.69) is 62.7 Å². The predicted molar refractivity (Wildman–Crippen MR) is 99.6 cm³/mol. The first-order valence-electron chi connectivity index (χ1n) is 8.33. The van der Waals surface area contributed by atoms with E-state index < -0.39 is 0 Å². The molecule has 1 saturated carbocycles. The van der Waals surface area contributed by atoms with Crippen LogP contribution in [0.5, 0.6) is 0 Å². The third-order valence-electron chi connectivity index (χ3n) is 5.72. The van der Waals surface area contributed by atoms with Gasteiger partial charge in [0.25, 0.3) is 0 Å². The van der Waals surface area contributed by atoms with Crippen LogP contribution in [-0.4, -0.2) is 6.04 Å².